The fourth-order valence-corrected chi connectivity index (χ4v) is 5.17. The topological polar surface area (TPSA) is 62.5 Å². The van der Waals surface area contributed by atoms with E-state index in [1.54, 1.807) is 6.26 Å². The van der Waals surface area contributed by atoms with E-state index in [0.717, 1.165) is 70.7 Å². The second-order valence-corrected chi connectivity index (χ2v) is 8.82. The first kappa shape index (κ1) is 17.8. The Kier molecular flexibility index (Phi) is 4.44. The van der Waals surface area contributed by atoms with Crippen molar-refractivity contribution in [1.82, 2.24) is 19.8 Å². The van der Waals surface area contributed by atoms with Crippen LogP contribution in [0.1, 0.15) is 51.3 Å². The summed E-state index contributed by atoms with van der Waals surface area (Å²) in [6.45, 7) is 8.08. The lowest BCUT2D eigenvalue weighted by atomic mass is 10.1. The molecule has 5 rings (SSSR count). The van der Waals surface area contributed by atoms with Crippen LogP contribution in [0.15, 0.2) is 22.8 Å². The molecule has 146 valence electrons. The number of aryl methyl sites for hydroxylation is 2. The molecule has 0 unspecified atom stereocenters. The van der Waals surface area contributed by atoms with Crippen molar-refractivity contribution in [3.8, 4) is 0 Å². The van der Waals surface area contributed by atoms with E-state index in [4.69, 9.17) is 14.4 Å². The molecule has 7 heteroatoms. The van der Waals surface area contributed by atoms with Crippen LogP contribution in [0.2, 0.25) is 0 Å². The highest BCUT2D eigenvalue weighted by atomic mass is 32.1. The maximum Gasteiger partial charge on any atom is 0.264 e. The lowest BCUT2D eigenvalue weighted by molar-refractivity contribution is 0.0624. The molecule has 1 saturated heterocycles. The zero-order valence-corrected chi connectivity index (χ0v) is 17.1. The summed E-state index contributed by atoms with van der Waals surface area (Å²) in [6, 6.07) is 3.91. The third-order valence-electron chi connectivity index (χ3n) is 5.74. The van der Waals surface area contributed by atoms with Gasteiger partial charge in [-0.05, 0) is 44.4 Å². The minimum atomic E-state index is 0.130. The Balaban J connectivity index is 1.33. The van der Waals surface area contributed by atoms with Crippen LogP contribution in [0, 0.1) is 13.8 Å². The van der Waals surface area contributed by atoms with Crippen LogP contribution < -0.4 is 0 Å². The summed E-state index contributed by atoms with van der Waals surface area (Å²) in [6.07, 6.45) is 4.08. The molecule has 1 saturated carbocycles. The molecule has 0 atom stereocenters. The van der Waals surface area contributed by atoms with Gasteiger partial charge in [0.1, 0.15) is 16.4 Å². The fourth-order valence-electron chi connectivity index (χ4n) is 3.96. The second kappa shape index (κ2) is 6.97. The van der Waals surface area contributed by atoms with Gasteiger partial charge in [-0.15, -0.1) is 11.3 Å². The Bertz CT molecular complexity index is 1010. The number of hydrogen-bond acceptors (Lipinski definition) is 6. The highest BCUT2D eigenvalue weighted by Gasteiger charge is 2.30. The van der Waals surface area contributed by atoms with Gasteiger partial charge in [0.2, 0.25) is 0 Å². The molecular weight excluding hydrogens is 372 g/mol. The van der Waals surface area contributed by atoms with Crippen LogP contribution >= 0.6 is 11.3 Å². The summed E-state index contributed by atoms with van der Waals surface area (Å²) in [4.78, 5) is 28.8. The predicted octanol–water partition coefficient (Wildman–Crippen LogP) is 3.74. The van der Waals surface area contributed by atoms with Crippen LogP contribution in [0.4, 0.5) is 0 Å². The molecule has 0 radical (unpaired) electrons. The summed E-state index contributed by atoms with van der Waals surface area (Å²) in [5.41, 5.74) is 2.03. The number of carbonyl (C=O) groups is 1. The molecule has 1 aliphatic heterocycles. The molecule has 4 heterocycles. The number of nitrogens with zero attached hydrogens (tertiary/aromatic N) is 4. The number of hydrogen-bond donors (Lipinski definition) is 0. The number of thiophene rings is 1. The minimum Gasteiger partial charge on any atom is -0.468 e. The van der Waals surface area contributed by atoms with Crippen LogP contribution in [0.25, 0.3) is 10.2 Å². The van der Waals surface area contributed by atoms with E-state index in [9.17, 15) is 4.79 Å². The number of fused-ring (bicyclic) bond motifs is 1. The van der Waals surface area contributed by atoms with E-state index in [-0.39, 0.29) is 5.91 Å². The van der Waals surface area contributed by atoms with Gasteiger partial charge < -0.3 is 9.32 Å². The molecule has 2 aliphatic rings. The third kappa shape index (κ3) is 3.22. The van der Waals surface area contributed by atoms with Crippen LogP contribution in [0.3, 0.4) is 0 Å². The van der Waals surface area contributed by atoms with Gasteiger partial charge in [0.05, 0.1) is 23.4 Å². The van der Waals surface area contributed by atoms with E-state index in [2.05, 4.69) is 4.90 Å². The van der Waals surface area contributed by atoms with Gasteiger partial charge in [0.25, 0.3) is 5.91 Å². The SMILES string of the molecule is Cc1nc(C2CC2)nc2sc(C(=O)N3CCN(Cc4ccco4)CC3)c(C)c12. The van der Waals surface area contributed by atoms with E-state index < -0.39 is 0 Å². The molecule has 3 aromatic heterocycles. The second-order valence-electron chi connectivity index (χ2n) is 7.83. The van der Waals surface area contributed by atoms with Gasteiger partial charge in [-0.3, -0.25) is 9.69 Å². The summed E-state index contributed by atoms with van der Waals surface area (Å²) in [5, 5.41) is 1.06. The molecule has 0 spiro atoms. The van der Waals surface area contributed by atoms with Crippen molar-refractivity contribution >= 4 is 27.5 Å². The highest BCUT2D eigenvalue weighted by molar-refractivity contribution is 7.20. The van der Waals surface area contributed by atoms with E-state index in [0.29, 0.717) is 5.92 Å². The number of aromatic nitrogens is 2. The first-order valence-corrected chi connectivity index (χ1v) is 10.7. The normalized spacial score (nSPS) is 18.1. The summed E-state index contributed by atoms with van der Waals surface area (Å²) < 4.78 is 5.44. The van der Waals surface area contributed by atoms with Crippen molar-refractivity contribution in [2.75, 3.05) is 26.2 Å². The zero-order valence-electron chi connectivity index (χ0n) is 16.3. The number of furan rings is 1. The van der Waals surface area contributed by atoms with E-state index in [1.807, 2.05) is 30.9 Å². The monoisotopic (exact) mass is 396 g/mol. The Hall–Kier alpha value is -2.25. The molecule has 2 fully saturated rings. The Labute approximate surface area is 168 Å². The Morgan fingerprint density at radius 2 is 2.00 bits per heavy atom. The molecule has 0 bridgehead atoms. The van der Waals surface area contributed by atoms with Gasteiger partial charge in [-0.1, -0.05) is 0 Å². The van der Waals surface area contributed by atoms with E-state index >= 15 is 0 Å². The summed E-state index contributed by atoms with van der Waals surface area (Å²) in [5.74, 6) is 2.58. The van der Waals surface area contributed by atoms with Gasteiger partial charge >= 0.3 is 0 Å². The number of amides is 1. The molecule has 1 amide bonds. The predicted molar refractivity (Wildman–Crippen MR) is 109 cm³/mol. The highest BCUT2D eigenvalue weighted by Crippen LogP contribution is 2.40. The van der Waals surface area contributed by atoms with Crippen LogP contribution in [-0.2, 0) is 6.54 Å². The maximum atomic E-state index is 13.2. The smallest absolute Gasteiger partial charge is 0.264 e. The molecule has 0 N–H and O–H groups in total. The molecule has 28 heavy (non-hydrogen) atoms. The van der Waals surface area contributed by atoms with Crippen LogP contribution in [0.5, 0.6) is 0 Å². The lowest BCUT2D eigenvalue weighted by Gasteiger charge is -2.34. The first-order chi connectivity index (χ1) is 13.6. The average molecular weight is 397 g/mol. The Morgan fingerprint density at radius 3 is 2.68 bits per heavy atom. The molecule has 0 aromatic carbocycles. The van der Waals surface area contributed by atoms with Gasteiger partial charge in [-0.25, -0.2) is 9.97 Å². The van der Waals surface area contributed by atoms with Gasteiger partial charge in [0, 0.05) is 37.5 Å². The van der Waals surface area contributed by atoms with Crippen LogP contribution in [-0.4, -0.2) is 51.9 Å². The van der Waals surface area contributed by atoms with Crippen molar-refractivity contribution in [2.45, 2.75) is 39.2 Å². The van der Waals surface area contributed by atoms with Crippen molar-refractivity contribution in [2.24, 2.45) is 0 Å². The number of rotatable bonds is 4. The molecule has 6 nitrogen and oxygen atoms in total. The third-order valence-corrected chi connectivity index (χ3v) is 6.92. The van der Waals surface area contributed by atoms with Crippen molar-refractivity contribution < 1.29 is 9.21 Å². The van der Waals surface area contributed by atoms with Crippen molar-refractivity contribution in [3.63, 3.8) is 0 Å². The van der Waals surface area contributed by atoms with Gasteiger partial charge in [0.15, 0.2) is 0 Å². The molecule has 1 aliphatic carbocycles. The van der Waals surface area contributed by atoms with E-state index in [1.165, 1.54) is 24.2 Å². The quantitative estimate of drug-likeness (QED) is 0.672. The zero-order chi connectivity index (χ0) is 19.3. The summed E-state index contributed by atoms with van der Waals surface area (Å²) in [7, 11) is 0. The first-order valence-electron chi connectivity index (χ1n) is 9.92. The number of carbonyl (C=O) groups excluding carboxylic acids is 1. The lowest BCUT2D eigenvalue weighted by Crippen LogP contribution is -2.48. The number of piperazine rings is 1. The fraction of sp³-hybridized carbons (Fsp3) is 0.476. The van der Waals surface area contributed by atoms with Crippen molar-refractivity contribution in [1.29, 1.82) is 0 Å². The minimum absolute atomic E-state index is 0.130. The van der Waals surface area contributed by atoms with Gasteiger partial charge in [-0.2, -0.15) is 0 Å². The average Bonchev–Trinajstić information content (AvgIpc) is 3.32. The molecule has 3 aromatic rings. The molecular formula is C21H24N4O2S. The standard InChI is InChI=1S/C21H24N4O2S/c1-13-17-14(2)22-19(15-5-6-15)23-20(17)28-18(13)21(26)25-9-7-24(8-10-25)12-16-4-3-11-27-16/h3-4,11,15H,5-10,12H2,1-2H3. The Morgan fingerprint density at radius 1 is 1.21 bits per heavy atom. The maximum absolute atomic E-state index is 13.2. The van der Waals surface area contributed by atoms with Crippen molar-refractivity contribution in [3.05, 3.63) is 46.1 Å². The largest absolute Gasteiger partial charge is 0.468 e. The summed E-state index contributed by atoms with van der Waals surface area (Å²) >= 11 is 1.53.